The van der Waals surface area contributed by atoms with Gasteiger partial charge in [-0.25, -0.2) is 9.69 Å². The van der Waals surface area contributed by atoms with E-state index in [2.05, 4.69) is 0 Å². The van der Waals surface area contributed by atoms with Crippen LogP contribution in [-0.4, -0.2) is 29.0 Å². The van der Waals surface area contributed by atoms with Crippen LogP contribution in [0.4, 0.5) is 23.7 Å². The Bertz CT molecular complexity index is 1110. The zero-order valence-corrected chi connectivity index (χ0v) is 15.1. The lowest BCUT2D eigenvalue weighted by Gasteiger charge is -2.29. The third-order valence-electron chi connectivity index (χ3n) is 5.59. The highest BCUT2D eigenvalue weighted by atomic mass is 19.4. The van der Waals surface area contributed by atoms with E-state index in [0.717, 1.165) is 17.0 Å². The van der Waals surface area contributed by atoms with Gasteiger partial charge in [0.15, 0.2) is 0 Å². The Morgan fingerprint density at radius 1 is 1.17 bits per heavy atom. The molecular formula is C20H14F3N3O3. The molecule has 2 aromatic carbocycles. The van der Waals surface area contributed by atoms with Gasteiger partial charge in [-0.3, -0.25) is 4.79 Å². The van der Waals surface area contributed by atoms with Crippen molar-refractivity contribution in [3.05, 3.63) is 58.7 Å². The smallest absolute Gasteiger partial charge is 0.417 e. The molecule has 0 radical (unpaired) electrons. The van der Waals surface area contributed by atoms with Gasteiger partial charge in [0.25, 0.3) is 5.91 Å². The number of phenolic OH excluding ortho intramolecular Hbond substituents is 1. The Morgan fingerprint density at radius 3 is 2.55 bits per heavy atom. The molecule has 1 aliphatic heterocycles. The fraction of sp³-hybridized carbons (Fsp3) is 0.250. The van der Waals surface area contributed by atoms with Crippen LogP contribution in [0.2, 0.25) is 0 Å². The van der Waals surface area contributed by atoms with E-state index in [1.165, 1.54) is 30.1 Å². The number of anilines is 1. The summed E-state index contributed by atoms with van der Waals surface area (Å²) in [6.45, 7) is 0. The van der Waals surface area contributed by atoms with Crippen LogP contribution < -0.4 is 4.90 Å². The van der Waals surface area contributed by atoms with Crippen LogP contribution in [0.25, 0.3) is 0 Å². The second-order valence-corrected chi connectivity index (χ2v) is 7.02. The first-order valence-electron chi connectivity index (χ1n) is 8.67. The highest BCUT2D eigenvalue weighted by Gasteiger charge is 2.59. The maximum atomic E-state index is 13.4. The largest absolute Gasteiger partial charge is 0.508 e. The topological polar surface area (TPSA) is 84.6 Å². The molecule has 2 aliphatic rings. The van der Waals surface area contributed by atoms with Crippen molar-refractivity contribution < 1.29 is 27.9 Å². The van der Waals surface area contributed by atoms with Gasteiger partial charge in [0.2, 0.25) is 0 Å². The molecule has 1 unspecified atom stereocenters. The van der Waals surface area contributed by atoms with Crippen molar-refractivity contribution in [1.29, 1.82) is 5.26 Å². The van der Waals surface area contributed by atoms with Crippen molar-refractivity contribution in [2.24, 2.45) is 0 Å². The number of amides is 3. The Labute approximate surface area is 163 Å². The maximum Gasteiger partial charge on any atom is 0.417 e. The fourth-order valence-electron chi connectivity index (χ4n) is 4.17. The minimum atomic E-state index is -4.81. The van der Waals surface area contributed by atoms with Gasteiger partial charge >= 0.3 is 12.2 Å². The van der Waals surface area contributed by atoms with Crippen LogP contribution in [0.1, 0.15) is 28.7 Å². The third kappa shape index (κ3) is 2.49. The molecule has 29 heavy (non-hydrogen) atoms. The SMILES string of the molecule is CN1C(=O)N(c2ccc(C#N)c(C(F)(F)F)c2)C(=O)C12CCc1cc(O)ccc12. The monoisotopic (exact) mass is 401 g/mol. The second-order valence-electron chi connectivity index (χ2n) is 7.02. The third-order valence-corrected chi connectivity index (χ3v) is 5.59. The average Bonchev–Trinajstić information content (AvgIpc) is 3.13. The number of hydrogen-bond acceptors (Lipinski definition) is 4. The van der Waals surface area contributed by atoms with E-state index in [9.17, 15) is 27.9 Å². The molecule has 1 aliphatic carbocycles. The number of rotatable bonds is 1. The van der Waals surface area contributed by atoms with E-state index in [4.69, 9.17) is 5.26 Å². The number of imide groups is 1. The van der Waals surface area contributed by atoms with Crippen molar-refractivity contribution in [3.63, 3.8) is 0 Å². The molecule has 3 amide bonds. The van der Waals surface area contributed by atoms with Crippen LogP contribution in [0.3, 0.4) is 0 Å². The summed E-state index contributed by atoms with van der Waals surface area (Å²) in [6, 6.07) is 7.95. The highest BCUT2D eigenvalue weighted by Crippen LogP contribution is 2.48. The molecular weight excluding hydrogens is 387 g/mol. The average molecular weight is 401 g/mol. The van der Waals surface area contributed by atoms with Crippen LogP contribution in [0.15, 0.2) is 36.4 Å². The lowest BCUT2D eigenvalue weighted by Crippen LogP contribution is -2.43. The number of likely N-dealkylation sites (N-methyl/N-ethyl adjacent to an activating group) is 1. The van der Waals surface area contributed by atoms with Gasteiger partial charge in [0.1, 0.15) is 11.3 Å². The van der Waals surface area contributed by atoms with E-state index >= 15 is 0 Å². The highest BCUT2D eigenvalue weighted by molar-refractivity contribution is 6.23. The molecule has 9 heteroatoms. The quantitative estimate of drug-likeness (QED) is 0.741. The number of aromatic hydroxyl groups is 1. The van der Waals surface area contributed by atoms with Gasteiger partial charge in [-0.1, -0.05) is 6.07 Å². The number of carbonyl (C=O) groups is 2. The fourth-order valence-corrected chi connectivity index (χ4v) is 4.17. The zero-order chi connectivity index (χ0) is 21.1. The molecule has 4 rings (SSSR count). The lowest BCUT2D eigenvalue weighted by molar-refractivity contribution is -0.137. The summed E-state index contributed by atoms with van der Waals surface area (Å²) in [7, 11) is 1.43. The summed E-state index contributed by atoms with van der Waals surface area (Å²) in [5.74, 6) is -0.633. The number of hydrogen-bond donors (Lipinski definition) is 1. The molecule has 1 heterocycles. The lowest BCUT2D eigenvalue weighted by atomic mass is 9.90. The molecule has 0 aromatic heterocycles. The van der Waals surface area contributed by atoms with Crippen LogP contribution in [-0.2, 0) is 22.9 Å². The summed E-state index contributed by atoms with van der Waals surface area (Å²) in [4.78, 5) is 28.2. The molecule has 1 atom stereocenters. The number of fused-ring (bicyclic) bond motifs is 2. The van der Waals surface area contributed by atoms with Crippen molar-refractivity contribution in [2.75, 3.05) is 11.9 Å². The minimum Gasteiger partial charge on any atom is -0.508 e. The Hall–Kier alpha value is -3.54. The van der Waals surface area contributed by atoms with Crippen LogP contribution in [0, 0.1) is 11.3 Å². The van der Waals surface area contributed by atoms with Crippen LogP contribution >= 0.6 is 0 Å². The predicted molar refractivity (Wildman–Crippen MR) is 94.9 cm³/mol. The van der Waals surface area contributed by atoms with Crippen molar-refractivity contribution >= 4 is 17.6 Å². The molecule has 1 saturated heterocycles. The molecule has 148 valence electrons. The number of nitriles is 1. The minimum absolute atomic E-state index is 0.0268. The number of carbonyl (C=O) groups excluding carboxylic acids is 2. The molecule has 1 N–H and O–H groups in total. The molecule has 1 spiro atoms. The Kier molecular flexibility index (Phi) is 3.88. The molecule has 2 aromatic rings. The summed E-state index contributed by atoms with van der Waals surface area (Å²) >= 11 is 0. The summed E-state index contributed by atoms with van der Waals surface area (Å²) < 4.78 is 40.0. The van der Waals surface area contributed by atoms with Gasteiger partial charge in [-0.05, 0) is 54.3 Å². The van der Waals surface area contributed by atoms with E-state index in [1.54, 1.807) is 6.07 Å². The van der Waals surface area contributed by atoms with Gasteiger partial charge < -0.3 is 10.0 Å². The summed E-state index contributed by atoms with van der Waals surface area (Å²) in [5.41, 5.74) is -2.14. The first-order chi connectivity index (χ1) is 13.6. The number of nitrogens with zero attached hydrogens (tertiary/aromatic N) is 3. The zero-order valence-electron chi connectivity index (χ0n) is 15.1. The Balaban J connectivity index is 1.84. The van der Waals surface area contributed by atoms with Gasteiger partial charge in [-0.15, -0.1) is 0 Å². The summed E-state index contributed by atoms with van der Waals surface area (Å²) in [6.07, 6.45) is -4.12. The maximum absolute atomic E-state index is 13.4. The number of urea groups is 1. The summed E-state index contributed by atoms with van der Waals surface area (Å²) in [5, 5.41) is 18.6. The first-order valence-corrected chi connectivity index (χ1v) is 8.67. The van der Waals surface area contributed by atoms with E-state index in [1.807, 2.05) is 0 Å². The van der Waals surface area contributed by atoms with Crippen molar-refractivity contribution in [2.45, 2.75) is 24.6 Å². The number of alkyl halides is 3. The van der Waals surface area contributed by atoms with E-state index in [-0.39, 0.29) is 17.9 Å². The van der Waals surface area contributed by atoms with Crippen molar-refractivity contribution in [1.82, 2.24) is 4.90 Å². The molecule has 1 fully saturated rings. The van der Waals surface area contributed by atoms with Crippen LogP contribution in [0.5, 0.6) is 5.75 Å². The first kappa shape index (κ1) is 18.8. The number of aryl methyl sites for hydroxylation is 1. The number of phenols is 1. The second kappa shape index (κ2) is 5.98. The standard InChI is InChI=1S/C20H14F3N3O3/c1-25-18(29)26(13-3-2-12(10-24)16(9-13)20(21,22)23)17(28)19(25)7-6-11-8-14(27)4-5-15(11)19/h2-5,8-9,27H,6-7H2,1H3. The normalized spacial score (nSPS) is 21.1. The van der Waals surface area contributed by atoms with Gasteiger partial charge in [0, 0.05) is 7.05 Å². The van der Waals surface area contributed by atoms with Crippen molar-refractivity contribution in [3.8, 4) is 11.8 Å². The van der Waals surface area contributed by atoms with Gasteiger partial charge in [0.05, 0.1) is 22.9 Å². The number of benzene rings is 2. The molecule has 6 nitrogen and oxygen atoms in total. The van der Waals surface area contributed by atoms with Gasteiger partial charge in [-0.2, -0.15) is 18.4 Å². The molecule has 0 saturated carbocycles. The number of halogens is 3. The van der Waals surface area contributed by atoms with E-state index < -0.39 is 34.8 Å². The predicted octanol–water partition coefficient (Wildman–Crippen LogP) is 3.52. The molecule has 0 bridgehead atoms. The Morgan fingerprint density at radius 2 is 1.90 bits per heavy atom. The van der Waals surface area contributed by atoms with E-state index in [0.29, 0.717) is 23.6 Å².